The highest BCUT2D eigenvalue weighted by Crippen LogP contribution is 2.22. The average molecular weight is 182 g/mol. The van der Waals surface area contributed by atoms with Gasteiger partial charge in [0.25, 0.3) is 0 Å². The predicted octanol–water partition coefficient (Wildman–Crippen LogP) is 3.64. The molecule has 0 nitrogen and oxygen atoms in total. The first kappa shape index (κ1) is 9.90. The zero-order chi connectivity index (χ0) is 9.84. The van der Waals surface area contributed by atoms with E-state index in [4.69, 9.17) is 0 Å². The van der Waals surface area contributed by atoms with Gasteiger partial charge in [0, 0.05) is 0 Å². The summed E-state index contributed by atoms with van der Waals surface area (Å²) in [7, 11) is 0. The Morgan fingerprint density at radius 3 is 2.77 bits per heavy atom. The Morgan fingerprint density at radius 1 is 1.46 bits per heavy atom. The minimum Gasteiger partial charge on any atom is -0.207 e. The normalized spacial score (nSPS) is 12.5. The Labute approximate surface area is 76.9 Å². The van der Waals surface area contributed by atoms with Crippen molar-refractivity contribution < 1.29 is 8.78 Å². The van der Waals surface area contributed by atoms with Crippen molar-refractivity contribution in [2.24, 2.45) is 0 Å². The molecule has 0 saturated heterocycles. The second-order valence-electron chi connectivity index (χ2n) is 3.09. The van der Waals surface area contributed by atoms with Crippen LogP contribution in [-0.2, 0) is 0 Å². The molecule has 70 valence electrons. The molecule has 0 amide bonds. The van der Waals surface area contributed by atoms with Crippen LogP contribution in [0.1, 0.15) is 24.8 Å². The smallest absolute Gasteiger partial charge is 0.126 e. The van der Waals surface area contributed by atoms with Crippen LogP contribution in [0.25, 0.3) is 0 Å². The fourth-order valence-electron chi connectivity index (χ4n) is 1.27. The lowest BCUT2D eigenvalue weighted by Gasteiger charge is -2.09. The van der Waals surface area contributed by atoms with Crippen molar-refractivity contribution in [2.75, 3.05) is 0 Å². The molecule has 1 aromatic rings. The first-order valence-corrected chi connectivity index (χ1v) is 4.21. The van der Waals surface area contributed by atoms with Gasteiger partial charge in [-0.1, -0.05) is 13.0 Å². The molecule has 0 bridgehead atoms. The maximum atomic E-state index is 13.1. The molecule has 0 fully saturated rings. The number of allylic oxidation sites excluding steroid dienone is 1. The van der Waals surface area contributed by atoms with E-state index in [9.17, 15) is 8.78 Å². The van der Waals surface area contributed by atoms with E-state index in [1.54, 1.807) is 6.08 Å². The first-order chi connectivity index (χ1) is 6.15. The Morgan fingerprint density at radius 2 is 2.15 bits per heavy atom. The highest BCUT2D eigenvalue weighted by atomic mass is 19.1. The first-order valence-electron chi connectivity index (χ1n) is 4.21. The van der Waals surface area contributed by atoms with Gasteiger partial charge < -0.3 is 0 Å². The van der Waals surface area contributed by atoms with Crippen LogP contribution in [0.2, 0.25) is 0 Å². The molecule has 0 aliphatic rings. The molecule has 0 spiro atoms. The highest BCUT2D eigenvalue weighted by Gasteiger charge is 2.10. The van der Waals surface area contributed by atoms with Crippen LogP contribution in [0.15, 0.2) is 30.9 Å². The molecule has 1 atom stereocenters. The number of halogens is 2. The molecule has 0 radical (unpaired) electrons. The summed E-state index contributed by atoms with van der Waals surface area (Å²) in [6.07, 6.45) is 2.36. The van der Waals surface area contributed by atoms with E-state index in [0.717, 1.165) is 12.1 Å². The minimum absolute atomic E-state index is 0.0202. The molecule has 0 aliphatic heterocycles. The second-order valence-corrected chi connectivity index (χ2v) is 3.09. The van der Waals surface area contributed by atoms with Crippen molar-refractivity contribution in [1.82, 2.24) is 0 Å². The molecule has 2 heteroatoms. The number of benzene rings is 1. The summed E-state index contributed by atoms with van der Waals surface area (Å²) in [6.45, 7) is 5.41. The third kappa shape index (κ3) is 2.38. The van der Waals surface area contributed by atoms with E-state index in [-0.39, 0.29) is 11.7 Å². The van der Waals surface area contributed by atoms with E-state index < -0.39 is 5.82 Å². The lowest BCUT2D eigenvalue weighted by atomic mass is 9.97. The molecule has 1 aromatic carbocycles. The summed E-state index contributed by atoms with van der Waals surface area (Å²) in [5.41, 5.74) is 0.417. The quantitative estimate of drug-likeness (QED) is 0.626. The molecule has 13 heavy (non-hydrogen) atoms. The molecule has 0 N–H and O–H groups in total. The Bertz CT molecular complexity index is 305. The number of rotatable bonds is 3. The van der Waals surface area contributed by atoms with Gasteiger partial charge in [0.05, 0.1) is 0 Å². The lowest BCUT2D eigenvalue weighted by molar-refractivity contribution is 0.569. The molecular formula is C11H12F2. The maximum Gasteiger partial charge on any atom is 0.126 e. The van der Waals surface area contributed by atoms with E-state index in [1.807, 2.05) is 6.92 Å². The van der Waals surface area contributed by atoms with Crippen molar-refractivity contribution in [3.05, 3.63) is 48.1 Å². The summed E-state index contributed by atoms with van der Waals surface area (Å²) in [4.78, 5) is 0. The maximum absolute atomic E-state index is 13.1. The van der Waals surface area contributed by atoms with Gasteiger partial charge in [0.2, 0.25) is 0 Å². The molecule has 0 aromatic heterocycles. The zero-order valence-corrected chi connectivity index (χ0v) is 7.56. The van der Waals surface area contributed by atoms with Crippen LogP contribution >= 0.6 is 0 Å². The van der Waals surface area contributed by atoms with Gasteiger partial charge in [-0.05, 0) is 36.1 Å². The summed E-state index contributed by atoms with van der Waals surface area (Å²) < 4.78 is 25.9. The number of hydrogen-bond acceptors (Lipinski definition) is 0. The zero-order valence-electron chi connectivity index (χ0n) is 7.56. The van der Waals surface area contributed by atoms with Gasteiger partial charge in [-0.25, -0.2) is 8.78 Å². The van der Waals surface area contributed by atoms with Gasteiger partial charge in [-0.3, -0.25) is 0 Å². The van der Waals surface area contributed by atoms with Gasteiger partial charge in [-0.2, -0.15) is 0 Å². The second kappa shape index (κ2) is 4.17. The third-order valence-electron chi connectivity index (χ3n) is 2.01. The average Bonchev–Trinajstić information content (AvgIpc) is 2.09. The van der Waals surface area contributed by atoms with Crippen molar-refractivity contribution in [1.29, 1.82) is 0 Å². The van der Waals surface area contributed by atoms with Gasteiger partial charge in [-0.15, -0.1) is 6.58 Å². The Hall–Kier alpha value is -1.18. The van der Waals surface area contributed by atoms with Crippen LogP contribution < -0.4 is 0 Å². The van der Waals surface area contributed by atoms with E-state index >= 15 is 0 Å². The summed E-state index contributed by atoms with van der Waals surface area (Å²) in [6, 6.07) is 3.52. The van der Waals surface area contributed by atoms with E-state index in [0.29, 0.717) is 12.0 Å². The highest BCUT2D eigenvalue weighted by molar-refractivity contribution is 5.22. The van der Waals surface area contributed by atoms with Crippen molar-refractivity contribution in [3.63, 3.8) is 0 Å². The summed E-state index contributed by atoms with van der Waals surface area (Å²) in [5.74, 6) is -0.767. The van der Waals surface area contributed by atoms with Crippen LogP contribution in [0.3, 0.4) is 0 Å². The van der Waals surface area contributed by atoms with Crippen molar-refractivity contribution >= 4 is 0 Å². The molecule has 0 heterocycles. The summed E-state index contributed by atoms with van der Waals surface area (Å²) in [5, 5.41) is 0. The van der Waals surface area contributed by atoms with E-state index in [2.05, 4.69) is 6.58 Å². The third-order valence-corrected chi connectivity index (χ3v) is 2.01. The SMILES string of the molecule is C=CCC(C)c1cc(F)ccc1F. The van der Waals surface area contributed by atoms with Crippen LogP contribution in [-0.4, -0.2) is 0 Å². The fourth-order valence-corrected chi connectivity index (χ4v) is 1.27. The van der Waals surface area contributed by atoms with Crippen molar-refractivity contribution in [2.45, 2.75) is 19.3 Å². The Balaban J connectivity index is 2.97. The molecule has 0 saturated carbocycles. The molecule has 0 aliphatic carbocycles. The summed E-state index contributed by atoms with van der Waals surface area (Å²) >= 11 is 0. The molecule has 1 unspecified atom stereocenters. The largest absolute Gasteiger partial charge is 0.207 e. The lowest BCUT2D eigenvalue weighted by Crippen LogP contribution is -1.96. The van der Waals surface area contributed by atoms with Gasteiger partial charge in [0.1, 0.15) is 11.6 Å². The standard InChI is InChI=1S/C11H12F2/c1-3-4-8(2)10-7-9(12)5-6-11(10)13/h3,5-8H,1,4H2,2H3. The topological polar surface area (TPSA) is 0 Å². The van der Waals surface area contributed by atoms with Crippen LogP contribution in [0, 0.1) is 11.6 Å². The monoisotopic (exact) mass is 182 g/mol. The predicted molar refractivity (Wildman–Crippen MR) is 49.6 cm³/mol. The van der Waals surface area contributed by atoms with Crippen molar-refractivity contribution in [3.8, 4) is 0 Å². The van der Waals surface area contributed by atoms with E-state index in [1.165, 1.54) is 6.07 Å². The van der Waals surface area contributed by atoms with Gasteiger partial charge in [0.15, 0.2) is 0 Å². The fraction of sp³-hybridized carbons (Fsp3) is 0.273. The minimum atomic E-state index is -0.396. The Kier molecular flexibility index (Phi) is 3.18. The van der Waals surface area contributed by atoms with Crippen LogP contribution in [0.4, 0.5) is 8.78 Å². The van der Waals surface area contributed by atoms with Gasteiger partial charge >= 0.3 is 0 Å². The van der Waals surface area contributed by atoms with Crippen LogP contribution in [0.5, 0.6) is 0 Å². The number of hydrogen-bond donors (Lipinski definition) is 0. The molecule has 1 rings (SSSR count). The molecular weight excluding hydrogens is 170 g/mol.